The highest BCUT2D eigenvalue weighted by molar-refractivity contribution is 5.70. The van der Waals surface area contributed by atoms with Crippen LogP contribution in [0.1, 0.15) is 244 Å². The van der Waals surface area contributed by atoms with Gasteiger partial charge in [0, 0.05) is 132 Å². The van der Waals surface area contributed by atoms with E-state index in [9.17, 15) is 0 Å². The summed E-state index contributed by atoms with van der Waals surface area (Å²) in [6.07, 6.45) is 23.4. The number of aromatic amines is 2. The molecule has 95 heavy (non-hydrogen) atoms. The number of benzene rings is 2. The van der Waals surface area contributed by atoms with Gasteiger partial charge in [-0.25, -0.2) is 24.9 Å². The molecule has 0 radical (unpaired) electrons. The molecule has 0 spiro atoms. The van der Waals surface area contributed by atoms with Crippen LogP contribution in [0.15, 0.2) is 196 Å². The molecule has 0 aliphatic carbocycles. The Kier molecular flexibility index (Phi) is 30.8. The number of fused-ring (bicyclic) bond motifs is 2. The lowest BCUT2D eigenvalue weighted by Gasteiger charge is -2.31. The molecule has 0 saturated heterocycles. The third-order valence-corrected chi connectivity index (χ3v) is 14.7. The molecule has 2 N–H and O–H groups in total. The number of rotatable bonds is 0. The molecule has 10 aromatic rings. The van der Waals surface area contributed by atoms with Crippen molar-refractivity contribution in [2.45, 2.75) is 249 Å². The van der Waals surface area contributed by atoms with Gasteiger partial charge in [-0.1, -0.05) is 233 Å². The van der Waals surface area contributed by atoms with Gasteiger partial charge in [0.15, 0.2) is 5.65 Å². The molecule has 0 unspecified atom stereocenters. The van der Waals surface area contributed by atoms with E-state index in [0.717, 1.165) is 53.1 Å². The molecule has 1 aliphatic heterocycles. The second-order valence-electron chi connectivity index (χ2n) is 32.9. The maximum absolute atomic E-state index is 4.42. The maximum Gasteiger partial charge on any atom is 0.177 e. The Labute approximate surface area is 574 Å². The van der Waals surface area contributed by atoms with Gasteiger partial charge in [-0.3, -0.25) is 29.8 Å². The molecule has 8 aromatic heterocycles. The van der Waals surface area contributed by atoms with E-state index in [4.69, 9.17) is 0 Å². The van der Waals surface area contributed by atoms with E-state index in [1.807, 2.05) is 67.4 Å². The topological polar surface area (TPSA) is 164 Å². The number of hydrogen-bond acceptors (Lipinski definition) is 11. The van der Waals surface area contributed by atoms with Crippen molar-refractivity contribution in [2.24, 2.45) is 0 Å². The number of imidazole rings is 2. The first-order valence-corrected chi connectivity index (χ1v) is 33.3. The summed E-state index contributed by atoms with van der Waals surface area (Å²) in [4.78, 5) is 50.3. The summed E-state index contributed by atoms with van der Waals surface area (Å²) < 4.78 is 0. The van der Waals surface area contributed by atoms with Gasteiger partial charge in [0.1, 0.15) is 17.5 Å². The average molecular weight is 1290 g/mol. The fourth-order valence-corrected chi connectivity index (χ4v) is 8.46. The molecule has 13 nitrogen and oxygen atoms in total. The zero-order valence-corrected chi connectivity index (χ0v) is 63.3. The van der Waals surface area contributed by atoms with Crippen molar-refractivity contribution >= 4 is 11.2 Å². The Morgan fingerprint density at radius 3 is 1.14 bits per heavy atom. The van der Waals surface area contributed by atoms with Crippen LogP contribution in [-0.2, 0) is 56.4 Å². The molecule has 0 amide bonds. The van der Waals surface area contributed by atoms with E-state index >= 15 is 0 Å². The minimum absolute atomic E-state index is 0.0562. The van der Waals surface area contributed by atoms with Gasteiger partial charge in [0.25, 0.3) is 0 Å². The van der Waals surface area contributed by atoms with Gasteiger partial charge in [-0.15, -0.1) is 0 Å². The van der Waals surface area contributed by atoms with Gasteiger partial charge >= 0.3 is 0 Å². The lowest BCUT2D eigenvalue weighted by Crippen LogP contribution is -2.36. The van der Waals surface area contributed by atoms with Crippen molar-refractivity contribution in [3.8, 4) is 0 Å². The van der Waals surface area contributed by atoms with E-state index in [-0.39, 0.29) is 37.9 Å². The third kappa shape index (κ3) is 31.3. The van der Waals surface area contributed by atoms with Crippen molar-refractivity contribution in [1.29, 1.82) is 0 Å². The molecule has 2 aromatic carbocycles. The number of nitrogens with zero attached hydrogens (tertiary/aromatic N) is 11. The van der Waals surface area contributed by atoms with Crippen LogP contribution in [0.5, 0.6) is 0 Å². The summed E-state index contributed by atoms with van der Waals surface area (Å²) >= 11 is 0. The van der Waals surface area contributed by atoms with Crippen LogP contribution in [0.25, 0.3) is 11.2 Å². The van der Waals surface area contributed by atoms with Crippen LogP contribution in [-0.4, -0.2) is 70.2 Å². The Balaban J connectivity index is 0.000000279. The molecule has 9 heterocycles. The summed E-state index contributed by atoms with van der Waals surface area (Å²) in [7, 11) is 0. The number of H-pyrrole nitrogens is 2. The Morgan fingerprint density at radius 1 is 0.316 bits per heavy atom. The fourth-order valence-electron chi connectivity index (χ4n) is 8.46. The summed E-state index contributed by atoms with van der Waals surface area (Å²) in [6.45, 7) is 60.8. The summed E-state index contributed by atoms with van der Waals surface area (Å²) in [5.74, 6) is 2.93. The molecule has 0 fully saturated rings. The van der Waals surface area contributed by atoms with Gasteiger partial charge in [-0.05, 0) is 113 Å². The predicted molar refractivity (Wildman–Crippen MR) is 401 cm³/mol. The lowest BCUT2D eigenvalue weighted by molar-refractivity contribution is 0.136. The first-order chi connectivity index (χ1) is 43.9. The molecular formula is C82H119N13. The average Bonchev–Trinajstić information content (AvgIpc) is 1.70. The third-order valence-electron chi connectivity index (χ3n) is 14.7. The summed E-state index contributed by atoms with van der Waals surface area (Å²) in [5, 5.41) is 0. The summed E-state index contributed by atoms with van der Waals surface area (Å²) in [6, 6.07) is 39.2. The molecule has 11 rings (SSSR count). The zero-order valence-electron chi connectivity index (χ0n) is 63.3. The van der Waals surface area contributed by atoms with Gasteiger partial charge in [0.2, 0.25) is 0 Å². The van der Waals surface area contributed by atoms with Crippen LogP contribution in [0, 0.1) is 0 Å². The number of aromatic nitrogens is 12. The normalized spacial score (nSPS) is 12.5. The highest BCUT2D eigenvalue weighted by Gasteiger charge is 2.27. The molecule has 0 saturated carbocycles. The highest BCUT2D eigenvalue weighted by Crippen LogP contribution is 2.29. The van der Waals surface area contributed by atoms with Crippen molar-refractivity contribution in [3.63, 3.8) is 0 Å². The lowest BCUT2D eigenvalue weighted by atomic mass is 9.87. The molecule has 0 atom stereocenters. The van der Waals surface area contributed by atoms with Crippen molar-refractivity contribution in [2.75, 3.05) is 0 Å². The first-order valence-electron chi connectivity index (χ1n) is 33.3. The molecule has 512 valence electrons. The van der Waals surface area contributed by atoms with Gasteiger partial charge < -0.3 is 9.97 Å². The first kappa shape index (κ1) is 81.1. The van der Waals surface area contributed by atoms with Crippen molar-refractivity contribution in [1.82, 2.24) is 64.7 Å². The Morgan fingerprint density at radius 2 is 0.789 bits per heavy atom. The predicted octanol–water partition coefficient (Wildman–Crippen LogP) is 20.4. The van der Waals surface area contributed by atoms with Crippen LogP contribution < -0.4 is 0 Å². The quantitative estimate of drug-likeness (QED) is 0.149. The van der Waals surface area contributed by atoms with E-state index in [1.165, 1.54) is 27.8 Å². The van der Waals surface area contributed by atoms with E-state index in [1.54, 1.807) is 49.6 Å². The van der Waals surface area contributed by atoms with E-state index < -0.39 is 0 Å². The summed E-state index contributed by atoms with van der Waals surface area (Å²) in [5.41, 5.74) is 12.7. The monoisotopic (exact) mass is 1290 g/mol. The van der Waals surface area contributed by atoms with Crippen LogP contribution in [0.3, 0.4) is 0 Å². The van der Waals surface area contributed by atoms with Crippen LogP contribution in [0.2, 0.25) is 0 Å². The smallest absolute Gasteiger partial charge is 0.177 e. The number of pyridine rings is 4. The SMILES string of the molecule is CC(C)(C)N1Cc2ccccc2C1.CC(C)(C)c1ccccc1.CC(C)(C)c1ccccn1.CC(C)(C)c1cccnc1.CC(C)(C)c1ccncc1.CC(C)(C)c1cnccn1.CC(C)(C)c1nc2ncccc2[nH]1.CC(C)(C)c1ncc[nH]1.CC(C)(C)c1ncccn1. The Bertz CT molecular complexity index is 3180. The number of nitrogens with one attached hydrogen (secondary N) is 2. The Hall–Kier alpha value is -8.16. The second-order valence-corrected chi connectivity index (χ2v) is 32.9. The number of hydrogen-bond donors (Lipinski definition) is 2. The minimum Gasteiger partial charge on any atom is -0.348 e. The van der Waals surface area contributed by atoms with Crippen molar-refractivity contribution in [3.05, 3.63) is 252 Å². The van der Waals surface area contributed by atoms with Gasteiger partial charge in [0.05, 0.1) is 11.2 Å². The molecule has 1 aliphatic rings. The minimum atomic E-state index is 0.0562. The van der Waals surface area contributed by atoms with E-state index in [2.05, 4.69) is 331 Å². The standard InChI is InChI=1S/C12H17N.C10H13N3.C10H14.3C9H13N.2C8H12N2.C7H12N2/c1-12(2,3)13-8-10-6-4-5-7-11(10)9-13;1-10(2,3)9-12-7-5-4-6-11-8(7)13-9;1-10(2,3)9-7-5-4-6-8-9;1-9(2,3)8-4-6-10-7-5-8;1-9(2,3)8-5-4-6-10-7-8;1-9(2,3)8-6-4-5-7-10-8;1-8(2,3)7-6-9-4-5-10-7;1-8(2,3)7-9-5-4-6-10-7;1-7(2,3)6-8-4-5-9-6/h4-7H,8-9H2,1-3H3;4-6H,1-3H3,(H,11,12,13);4-8H,1-3H3;3*4-7H,1-3H3;2*4-6H,1-3H3;4-5H,1-3H3,(H,8,9). The van der Waals surface area contributed by atoms with E-state index in [0.29, 0.717) is 11.0 Å². The molecule has 0 bridgehead atoms. The highest BCUT2D eigenvalue weighted by atomic mass is 15.2. The van der Waals surface area contributed by atoms with Crippen LogP contribution >= 0.6 is 0 Å². The van der Waals surface area contributed by atoms with Gasteiger partial charge in [-0.2, -0.15) is 0 Å². The maximum atomic E-state index is 4.42. The van der Waals surface area contributed by atoms with Crippen molar-refractivity contribution < 1.29 is 0 Å². The van der Waals surface area contributed by atoms with Crippen LogP contribution in [0.4, 0.5) is 0 Å². The molecule has 13 heteroatoms. The largest absolute Gasteiger partial charge is 0.348 e. The molecular weight excluding hydrogens is 1170 g/mol. The second kappa shape index (κ2) is 36.1. The zero-order chi connectivity index (χ0) is 71.5. The fraction of sp³-hybridized carbons (Fsp3) is 0.463.